The zero-order valence-corrected chi connectivity index (χ0v) is 17.5. The van der Waals surface area contributed by atoms with Crippen LogP contribution >= 0.6 is 0 Å². The van der Waals surface area contributed by atoms with E-state index in [-0.39, 0.29) is 22.6 Å². The maximum absolute atomic E-state index is 12.9. The van der Waals surface area contributed by atoms with Gasteiger partial charge < -0.3 is 9.80 Å². The Labute approximate surface area is 162 Å². The van der Waals surface area contributed by atoms with E-state index < -0.39 is 9.84 Å². The lowest BCUT2D eigenvalue weighted by Crippen LogP contribution is -2.43. The lowest BCUT2D eigenvalue weighted by atomic mass is 9.94. The quantitative estimate of drug-likeness (QED) is 0.743. The molecule has 1 fully saturated rings. The highest BCUT2D eigenvalue weighted by molar-refractivity contribution is 7.90. The van der Waals surface area contributed by atoms with Crippen LogP contribution in [0, 0.1) is 12.8 Å². The molecule has 1 heterocycles. The molecule has 0 saturated carbocycles. The zero-order valence-electron chi connectivity index (χ0n) is 16.7. The Morgan fingerprint density at radius 1 is 1.22 bits per heavy atom. The van der Waals surface area contributed by atoms with Crippen molar-refractivity contribution in [3.05, 3.63) is 29.3 Å². The third-order valence-corrected chi connectivity index (χ3v) is 6.33. The zero-order chi connectivity index (χ0) is 20.2. The van der Waals surface area contributed by atoms with Gasteiger partial charge in [0.25, 0.3) is 5.91 Å². The van der Waals surface area contributed by atoms with Crippen molar-refractivity contribution in [2.45, 2.75) is 44.4 Å². The van der Waals surface area contributed by atoms with Crippen LogP contribution in [0.3, 0.4) is 0 Å². The molecule has 1 saturated heterocycles. The number of benzene rings is 1. The number of sulfone groups is 1. The number of carbonyl (C=O) groups is 2. The van der Waals surface area contributed by atoms with Gasteiger partial charge in [0.15, 0.2) is 9.84 Å². The Bertz CT molecular complexity index is 796. The minimum atomic E-state index is -3.36. The molecule has 0 spiro atoms. The van der Waals surface area contributed by atoms with E-state index in [0.717, 1.165) is 31.2 Å². The minimum Gasteiger partial charge on any atom is -0.346 e. The van der Waals surface area contributed by atoms with Crippen molar-refractivity contribution in [2.24, 2.45) is 5.92 Å². The molecule has 1 aromatic carbocycles. The Hall–Kier alpha value is -1.89. The number of unbranched alkanes of at least 4 members (excludes halogenated alkanes) is 1. The summed E-state index contributed by atoms with van der Waals surface area (Å²) in [6.07, 6.45) is 4.47. The van der Waals surface area contributed by atoms with Crippen LogP contribution < -0.4 is 0 Å². The fraction of sp³-hybridized carbons (Fsp3) is 0.600. The van der Waals surface area contributed by atoms with Crippen LogP contribution in [0.4, 0.5) is 0 Å². The maximum atomic E-state index is 12.9. The summed E-state index contributed by atoms with van der Waals surface area (Å²) >= 11 is 0. The fourth-order valence-corrected chi connectivity index (χ4v) is 4.03. The number of aryl methyl sites for hydroxylation is 1. The molecule has 0 aromatic heterocycles. The summed E-state index contributed by atoms with van der Waals surface area (Å²) in [5.41, 5.74) is 1.17. The summed E-state index contributed by atoms with van der Waals surface area (Å²) in [4.78, 5) is 29.1. The number of likely N-dealkylation sites (tertiary alicyclic amines) is 1. The molecule has 0 atom stereocenters. The average molecular weight is 395 g/mol. The Morgan fingerprint density at radius 3 is 2.41 bits per heavy atom. The van der Waals surface area contributed by atoms with E-state index in [2.05, 4.69) is 6.92 Å². The molecular formula is C20H30N2O4S. The molecule has 2 amide bonds. The second-order valence-corrected chi connectivity index (χ2v) is 9.44. The third-order valence-electron chi connectivity index (χ3n) is 5.22. The van der Waals surface area contributed by atoms with E-state index in [9.17, 15) is 18.0 Å². The van der Waals surface area contributed by atoms with Gasteiger partial charge in [-0.15, -0.1) is 0 Å². The van der Waals surface area contributed by atoms with Crippen molar-refractivity contribution < 1.29 is 18.0 Å². The molecule has 0 aliphatic carbocycles. The Balaban J connectivity index is 2.04. The van der Waals surface area contributed by atoms with Crippen LogP contribution in [0.25, 0.3) is 0 Å². The Kier molecular flexibility index (Phi) is 7.03. The monoisotopic (exact) mass is 394 g/mol. The van der Waals surface area contributed by atoms with Gasteiger partial charge in [0.1, 0.15) is 0 Å². The molecule has 6 nitrogen and oxygen atoms in total. The van der Waals surface area contributed by atoms with Crippen LogP contribution in [-0.2, 0) is 14.6 Å². The van der Waals surface area contributed by atoms with Gasteiger partial charge in [0.05, 0.1) is 4.90 Å². The van der Waals surface area contributed by atoms with Crippen molar-refractivity contribution >= 4 is 21.7 Å². The van der Waals surface area contributed by atoms with E-state index in [4.69, 9.17) is 0 Å². The smallest absolute Gasteiger partial charge is 0.254 e. The maximum Gasteiger partial charge on any atom is 0.254 e. The summed E-state index contributed by atoms with van der Waals surface area (Å²) in [7, 11) is -1.52. The first-order valence-electron chi connectivity index (χ1n) is 9.50. The molecule has 1 aromatic rings. The first-order chi connectivity index (χ1) is 12.6. The van der Waals surface area contributed by atoms with Crippen LogP contribution in [0.5, 0.6) is 0 Å². The molecule has 0 radical (unpaired) electrons. The number of piperidine rings is 1. The molecule has 1 aliphatic rings. The summed E-state index contributed by atoms with van der Waals surface area (Å²) in [5.74, 6) is -0.0478. The van der Waals surface area contributed by atoms with Crippen LogP contribution in [0.2, 0.25) is 0 Å². The van der Waals surface area contributed by atoms with Gasteiger partial charge in [-0.05, 0) is 43.9 Å². The van der Waals surface area contributed by atoms with Crippen molar-refractivity contribution in [3.8, 4) is 0 Å². The predicted octanol–water partition coefficient (Wildman–Crippen LogP) is 2.51. The standard InChI is InChI=1S/C20H30N2O4S/c1-5-6-11-21(3)19(23)16-9-12-22(13-10-16)20(24)18-14-17(27(4,25)26)8-7-15(18)2/h7-8,14,16H,5-6,9-13H2,1-4H3. The van der Waals surface area contributed by atoms with Gasteiger partial charge in [-0.3, -0.25) is 9.59 Å². The van der Waals surface area contributed by atoms with E-state index in [1.807, 2.05) is 7.05 Å². The van der Waals surface area contributed by atoms with Crippen molar-refractivity contribution in [1.29, 1.82) is 0 Å². The van der Waals surface area contributed by atoms with Gasteiger partial charge in [-0.25, -0.2) is 8.42 Å². The second-order valence-electron chi connectivity index (χ2n) is 7.43. The summed E-state index contributed by atoms with van der Waals surface area (Å²) in [5, 5.41) is 0. The minimum absolute atomic E-state index is 0.0423. The molecule has 2 rings (SSSR count). The van der Waals surface area contributed by atoms with E-state index in [1.165, 1.54) is 12.1 Å². The lowest BCUT2D eigenvalue weighted by Gasteiger charge is -2.33. The highest BCUT2D eigenvalue weighted by Crippen LogP contribution is 2.23. The predicted molar refractivity (Wildman–Crippen MR) is 105 cm³/mol. The third kappa shape index (κ3) is 5.31. The van der Waals surface area contributed by atoms with Crippen molar-refractivity contribution in [2.75, 3.05) is 32.9 Å². The lowest BCUT2D eigenvalue weighted by molar-refractivity contribution is -0.135. The van der Waals surface area contributed by atoms with Crippen molar-refractivity contribution in [1.82, 2.24) is 9.80 Å². The van der Waals surface area contributed by atoms with Gasteiger partial charge >= 0.3 is 0 Å². The fourth-order valence-electron chi connectivity index (χ4n) is 3.38. The molecular weight excluding hydrogens is 364 g/mol. The number of amides is 2. The molecule has 0 unspecified atom stereocenters. The highest BCUT2D eigenvalue weighted by atomic mass is 32.2. The summed E-state index contributed by atoms with van der Waals surface area (Å²) in [6, 6.07) is 4.66. The van der Waals surface area contributed by atoms with E-state index >= 15 is 0 Å². The van der Waals surface area contributed by atoms with E-state index in [0.29, 0.717) is 31.5 Å². The molecule has 0 bridgehead atoms. The summed E-state index contributed by atoms with van der Waals surface area (Å²) < 4.78 is 23.6. The topological polar surface area (TPSA) is 74.8 Å². The summed E-state index contributed by atoms with van der Waals surface area (Å²) in [6.45, 7) is 5.70. The number of hydrogen-bond donors (Lipinski definition) is 0. The number of nitrogens with zero attached hydrogens (tertiary/aromatic N) is 2. The molecule has 7 heteroatoms. The Morgan fingerprint density at radius 2 is 1.85 bits per heavy atom. The molecule has 150 valence electrons. The largest absolute Gasteiger partial charge is 0.346 e. The number of hydrogen-bond acceptors (Lipinski definition) is 4. The molecule has 1 aliphatic heterocycles. The van der Waals surface area contributed by atoms with Crippen LogP contribution in [-0.4, -0.2) is 63.0 Å². The first kappa shape index (κ1) is 21.4. The molecule has 0 N–H and O–H groups in total. The normalized spacial score (nSPS) is 15.6. The van der Waals surface area contributed by atoms with Crippen molar-refractivity contribution in [3.63, 3.8) is 0 Å². The van der Waals surface area contributed by atoms with Crippen LogP contribution in [0.15, 0.2) is 23.1 Å². The highest BCUT2D eigenvalue weighted by Gasteiger charge is 2.30. The SMILES string of the molecule is CCCCN(C)C(=O)C1CCN(C(=O)c2cc(S(C)(=O)=O)ccc2C)CC1. The molecule has 27 heavy (non-hydrogen) atoms. The number of rotatable bonds is 6. The van der Waals surface area contributed by atoms with Gasteiger partial charge in [0.2, 0.25) is 5.91 Å². The second kappa shape index (κ2) is 8.87. The van der Waals surface area contributed by atoms with Gasteiger partial charge in [0, 0.05) is 44.4 Å². The first-order valence-corrected chi connectivity index (χ1v) is 11.4. The van der Waals surface area contributed by atoms with E-state index in [1.54, 1.807) is 22.8 Å². The van der Waals surface area contributed by atoms with Gasteiger partial charge in [-0.2, -0.15) is 0 Å². The van der Waals surface area contributed by atoms with Gasteiger partial charge in [-0.1, -0.05) is 19.4 Å². The average Bonchev–Trinajstić information content (AvgIpc) is 2.64. The number of carbonyl (C=O) groups excluding carboxylic acids is 2. The van der Waals surface area contributed by atoms with Crippen LogP contribution in [0.1, 0.15) is 48.5 Å².